The van der Waals surface area contributed by atoms with E-state index in [9.17, 15) is 4.79 Å². The molecule has 2 heterocycles. The predicted octanol–water partition coefficient (Wildman–Crippen LogP) is 1.97. The van der Waals surface area contributed by atoms with Gasteiger partial charge in [-0.2, -0.15) is 0 Å². The fourth-order valence-electron chi connectivity index (χ4n) is 3.37. The van der Waals surface area contributed by atoms with Crippen molar-refractivity contribution in [3.63, 3.8) is 0 Å². The standard InChI is InChI=1S/C20H26N2O3/c23-20(11-15-24-17-8-3-1-4-9-17)21-16-18(19-10-7-14-25-19)22-12-5-2-6-13-22/h1,3-4,7-10,14,18H,2,5-6,11-13,15-16H2,(H,21,23)/p+1/t18-/m0/s1. The first-order valence-corrected chi connectivity index (χ1v) is 9.15. The fraction of sp³-hybridized carbons (Fsp3) is 0.450. The first kappa shape index (κ1) is 17.5. The molecule has 1 fully saturated rings. The summed E-state index contributed by atoms with van der Waals surface area (Å²) in [4.78, 5) is 13.7. The van der Waals surface area contributed by atoms with Crippen molar-refractivity contribution in [2.45, 2.75) is 31.7 Å². The van der Waals surface area contributed by atoms with Crippen LogP contribution in [-0.2, 0) is 4.79 Å². The van der Waals surface area contributed by atoms with Crippen molar-refractivity contribution >= 4 is 5.91 Å². The first-order valence-electron chi connectivity index (χ1n) is 9.15. The minimum absolute atomic E-state index is 0.0175. The molecule has 3 rings (SSSR count). The van der Waals surface area contributed by atoms with Crippen LogP contribution >= 0.6 is 0 Å². The topological polar surface area (TPSA) is 55.9 Å². The number of carbonyl (C=O) groups is 1. The molecule has 0 spiro atoms. The number of benzene rings is 1. The molecule has 0 saturated carbocycles. The van der Waals surface area contributed by atoms with E-state index in [1.165, 1.54) is 24.2 Å². The minimum Gasteiger partial charge on any atom is -0.493 e. The molecule has 134 valence electrons. The Kier molecular flexibility index (Phi) is 6.51. The molecular weight excluding hydrogens is 316 g/mol. The van der Waals surface area contributed by atoms with E-state index < -0.39 is 0 Å². The SMILES string of the molecule is O=C(CCOc1ccccc1)NC[C@@H](c1ccco1)[NH+]1CCCCC1. The van der Waals surface area contributed by atoms with Crippen LogP contribution < -0.4 is 15.0 Å². The molecule has 1 amide bonds. The van der Waals surface area contributed by atoms with Crippen molar-refractivity contribution in [1.29, 1.82) is 0 Å². The predicted molar refractivity (Wildman–Crippen MR) is 95.6 cm³/mol. The van der Waals surface area contributed by atoms with Gasteiger partial charge in [-0.15, -0.1) is 0 Å². The van der Waals surface area contributed by atoms with Crippen molar-refractivity contribution in [3.05, 3.63) is 54.5 Å². The minimum atomic E-state index is 0.0175. The van der Waals surface area contributed by atoms with Crippen molar-refractivity contribution in [1.82, 2.24) is 5.32 Å². The van der Waals surface area contributed by atoms with Gasteiger partial charge in [-0.25, -0.2) is 0 Å². The summed E-state index contributed by atoms with van der Waals surface area (Å²) in [7, 11) is 0. The summed E-state index contributed by atoms with van der Waals surface area (Å²) in [6, 6.07) is 13.7. The van der Waals surface area contributed by atoms with E-state index in [1.807, 2.05) is 42.5 Å². The van der Waals surface area contributed by atoms with Crippen LogP contribution in [0.2, 0.25) is 0 Å². The van der Waals surface area contributed by atoms with Crippen LogP contribution in [0.5, 0.6) is 5.75 Å². The summed E-state index contributed by atoms with van der Waals surface area (Å²) in [5.41, 5.74) is 0. The quantitative estimate of drug-likeness (QED) is 0.771. The molecule has 1 saturated heterocycles. The smallest absolute Gasteiger partial charge is 0.223 e. The van der Waals surface area contributed by atoms with E-state index in [0.717, 1.165) is 24.6 Å². The van der Waals surface area contributed by atoms with Crippen molar-refractivity contribution in [2.75, 3.05) is 26.2 Å². The molecular formula is C20H27N2O3+. The summed E-state index contributed by atoms with van der Waals surface area (Å²) in [6.45, 7) is 3.27. The molecule has 5 nitrogen and oxygen atoms in total. The highest BCUT2D eigenvalue weighted by atomic mass is 16.5. The van der Waals surface area contributed by atoms with E-state index in [0.29, 0.717) is 19.6 Å². The van der Waals surface area contributed by atoms with Crippen LogP contribution in [0.1, 0.15) is 37.5 Å². The van der Waals surface area contributed by atoms with Gasteiger partial charge in [0.2, 0.25) is 5.91 Å². The molecule has 0 unspecified atom stereocenters. The van der Waals surface area contributed by atoms with Gasteiger partial charge in [0, 0.05) is 0 Å². The lowest BCUT2D eigenvalue weighted by molar-refractivity contribution is -0.936. The Hall–Kier alpha value is -2.27. The number of quaternary nitrogens is 1. The molecule has 1 aliphatic rings. The summed E-state index contributed by atoms with van der Waals surface area (Å²) >= 11 is 0. The molecule has 25 heavy (non-hydrogen) atoms. The summed E-state index contributed by atoms with van der Waals surface area (Å²) in [5.74, 6) is 1.77. The van der Waals surface area contributed by atoms with Gasteiger partial charge in [-0.1, -0.05) is 18.2 Å². The van der Waals surface area contributed by atoms with Gasteiger partial charge < -0.3 is 19.4 Å². The highest BCUT2D eigenvalue weighted by Gasteiger charge is 2.28. The number of amides is 1. The van der Waals surface area contributed by atoms with E-state index >= 15 is 0 Å². The van der Waals surface area contributed by atoms with Crippen molar-refractivity contribution in [2.24, 2.45) is 0 Å². The third kappa shape index (κ3) is 5.36. The third-order valence-electron chi connectivity index (χ3n) is 4.72. The molecule has 2 N–H and O–H groups in total. The lowest BCUT2D eigenvalue weighted by atomic mass is 10.1. The second kappa shape index (κ2) is 9.28. The number of nitrogens with one attached hydrogen (secondary N) is 2. The largest absolute Gasteiger partial charge is 0.493 e. The van der Waals surface area contributed by atoms with Crippen LogP contribution in [0.4, 0.5) is 0 Å². The van der Waals surface area contributed by atoms with E-state index in [1.54, 1.807) is 6.26 Å². The van der Waals surface area contributed by atoms with E-state index in [-0.39, 0.29) is 11.9 Å². The molecule has 0 bridgehead atoms. The number of ether oxygens (including phenoxy) is 1. The average molecular weight is 343 g/mol. The lowest BCUT2D eigenvalue weighted by Gasteiger charge is -2.30. The van der Waals surface area contributed by atoms with Gasteiger partial charge in [0.1, 0.15) is 5.75 Å². The summed E-state index contributed by atoms with van der Waals surface area (Å²) in [5, 5.41) is 3.05. The van der Waals surface area contributed by atoms with Crippen molar-refractivity contribution in [3.8, 4) is 5.75 Å². The maximum absolute atomic E-state index is 12.2. The zero-order valence-corrected chi connectivity index (χ0v) is 14.6. The lowest BCUT2D eigenvalue weighted by Crippen LogP contribution is -3.13. The summed E-state index contributed by atoms with van der Waals surface area (Å²) in [6.07, 6.45) is 5.85. The number of furan rings is 1. The van der Waals surface area contributed by atoms with Gasteiger partial charge in [0.25, 0.3) is 0 Å². The normalized spacial score (nSPS) is 16.3. The monoisotopic (exact) mass is 343 g/mol. The highest BCUT2D eigenvalue weighted by Crippen LogP contribution is 2.12. The zero-order chi connectivity index (χ0) is 17.3. The Balaban J connectivity index is 1.46. The van der Waals surface area contributed by atoms with Crippen LogP contribution in [0, 0.1) is 0 Å². The molecule has 5 heteroatoms. The first-order chi connectivity index (χ1) is 12.3. The summed E-state index contributed by atoms with van der Waals surface area (Å²) < 4.78 is 11.2. The molecule has 1 aliphatic heterocycles. The second-order valence-electron chi connectivity index (χ2n) is 6.50. The molecule has 0 radical (unpaired) electrons. The molecule has 1 aromatic heterocycles. The average Bonchev–Trinajstić information content (AvgIpc) is 3.18. The maximum Gasteiger partial charge on any atom is 0.223 e. The Labute approximate surface area is 149 Å². The number of rotatable bonds is 8. The molecule has 2 aromatic rings. The highest BCUT2D eigenvalue weighted by molar-refractivity contribution is 5.76. The number of hydrogen-bond donors (Lipinski definition) is 2. The van der Waals surface area contributed by atoms with Crippen LogP contribution in [0.25, 0.3) is 0 Å². The third-order valence-corrected chi connectivity index (χ3v) is 4.72. The number of piperidine rings is 1. The van der Waals surface area contributed by atoms with E-state index in [2.05, 4.69) is 5.32 Å². The molecule has 1 atom stereocenters. The molecule has 1 aromatic carbocycles. The number of carbonyl (C=O) groups excluding carboxylic acids is 1. The Bertz CT molecular complexity index is 622. The Morgan fingerprint density at radius 1 is 1.12 bits per heavy atom. The van der Waals surface area contributed by atoms with Crippen LogP contribution in [0.15, 0.2) is 53.1 Å². The van der Waals surface area contributed by atoms with Crippen molar-refractivity contribution < 1.29 is 18.8 Å². The van der Waals surface area contributed by atoms with Gasteiger partial charge in [0.15, 0.2) is 11.8 Å². The number of likely N-dealkylation sites (tertiary alicyclic amines) is 1. The van der Waals surface area contributed by atoms with Crippen LogP contribution in [0.3, 0.4) is 0 Å². The Morgan fingerprint density at radius 2 is 1.92 bits per heavy atom. The Morgan fingerprint density at radius 3 is 2.64 bits per heavy atom. The maximum atomic E-state index is 12.2. The van der Waals surface area contributed by atoms with Gasteiger partial charge in [-0.05, 0) is 43.5 Å². The number of hydrogen-bond acceptors (Lipinski definition) is 3. The fourth-order valence-corrected chi connectivity index (χ4v) is 3.37. The van der Waals surface area contributed by atoms with E-state index in [4.69, 9.17) is 9.15 Å². The zero-order valence-electron chi connectivity index (χ0n) is 14.6. The van der Waals surface area contributed by atoms with Gasteiger partial charge >= 0.3 is 0 Å². The number of para-hydroxylation sites is 1. The van der Waals surface area contributed by atoms with Crippen LogP contribution in [-0.4, -0.2) is 32.1 Å². The molecule has 0 aliphatic carbocycles. The second-order valence-corrected chi connectivity index (χ2v) is 6.50. The van der Waals surface area contributed by atoms with Gasteiger partial charge in [0.05, 0.1) is 38.9 Å². The van der Waals surface area contributed by atoms with Gasteiger partial charge in [-0.3, -0.25) is 4.79 Å².